The Balaban J connectivity index is 2.28. The molecule has 10 heavy (non-hydrogen) atoms. The predicted octanol–water partition coefficient (Wildman–Crippen LogP) is 3.29. The van der Waals surface area contributed by atoms with Crippen LogP contribution in [0.2, 0.25) is 0 Å². The molecule has 0 bridgehead atoms. The molecule has 0 saturated carbocycles. The fourth-order valence-corrected chi connectivity index (χ4v) is 3.11. The highest BCUT2D eigenvalue weighted by molar-refractivity contribution is 8.77. The van der Waals surface area contributed by atoms with Crippen molar-refractivity contribution in [2.45, 2.75) is 23.4 Å². The Hall–Kier alpha value is 0.330. The smallest absolute Gasteiger partial charge is 0.160 e. The zero-order valence-electron chi connectivity index (χ0n) is 5.90. The molecule has 4 heteroatoms. The highest BCUT2D eigenvalue weighted by atomic mass is 33.1. The first-order valence-electron chi connectivity index (χ1n) is 3.02. The lowest BCUT2D eigenvalue weighted by Gasteiger charge is -1.98. The van der Waals surface area contributed by atoms with Gasteiger partial charge in [0, 0.05) is 16.8 Å². The van der Waals surface area contributed by atoms with Crippen molar-refractivity contribution < 1.29 is 0 Å². The first kappa shape index (κ1) is 8.43. The Kier molecular flexibility index (Phi) is 3.59. The molecular weight excluding hydrogens is 182 g/mol. The molecule has 0 atom stereocenters. The second-order valence-corrected chi connectivity index (χ2v) is 5.95. The van der Waals surface area contributed by atoms with Gasteiger partial charge in [-0.05, 0) is 10.8 Å². The van der Waals surface area contributed by atoms with Gasteiger partial charge in [0.2, 0.25) is 0 Å². The average molecular weight is 191 g/mol. The Morgan fingerprint density at radius 3 is 2.90 bits per heavy atom. The summed E-state index contributed by atoms with van der Waals surface area (Å²) in [7, 11) is 3.61. The summed E-state index contributed by atoms with van der Waals surface area (Å²) in [5.74, 6) is 0. The van der Waals surface area contributed by atoms with Gasteiger partial charge in [0.15, 0.2) is 4.34 Å². The molecule has 1 nitrogen and oxygen atoms in total. The topological polar surface area (TPSA) is 12.9 Å². The van der Waals surface area contributed by atoms with Gasteiger partial charge in [-0.25, -0.2) is 4.98 Å². The van der Waals surface area contributed by atoms with Crippen molar-refractivity contribution in [1.29, 1.82) is 0 Å². The lowest BCUT2D eigenvalue weighted by atomic mass is 10.6. The summed E-state index contributed by atoms with van der Waals surface area (Å²) >= 11 is 1.70. The van der Waals surface area contributed by atoms with E-state index in [9.17, 15) is 0 Å². The van der Waals surface area contributed by atoms with Gasteiger partial charge in [-0.15, -0.1) is 11.3 Å². The molecule has 1 aromatic heterocycles. The molecule has 0 aliphatic carbocycles. The van der Waals surface area contributed by atoms with E-state index in [2.05, 4.69) is 18.8 Å². The number of aromatic nitrogens is 1. The van der Waals surface area contributed by atoms with Crippen LogP contribution < -0.4 is 0 Å². The van der Waals surface area contributed by atoms with E-state index in [1.165, 1.54) is 0 Å². The van der Waals surface area contributed by atoms with Crippen LogP contribution in [0.5, 0.6) is 0 Å². The van der Waals surface area contributed by atoms with Gasteiger partial charge in [-0.2, -0.15) is 0 Å². The monoisotopic (exact) mass is 191 g/mol. The third kappa shape index (κ3) is 2.94. The van der Waals surface area contributed by atoms with E-state index < -0.39 is 0 Å². The normalized spacial score (nSPS) is 10.7. The molecule has 1 heterocycles. The van der Waals surface area contributed by atoms with E-state index in [0.717, 1.165) is 4.34 Å². The Morgan fingerprint density at radius 2 is 2.40 bits per heavy atom. The van der Waals surface area contributed by atoms with Crippen LogP contribution in [0.1, 0.15) is 13.8 Å². The van der Waals surface area contributed by atoms with Gasteiger partial charge in [0.05, 0.1) is 0 Å². The Bertz CT molecular complexity index is 171. The molecule has 0 N–H and O–H groups in total. The maximum Gasteiger partial charge on any atom is 0.160 e. The van der Waals surface area contributed by atoms with E-state index in [0.29, 0.717) is 5.25 Å². The van der Waals surface area contributed by atoms with Crippen LogP contribution in [0, 0.1) is 0 Å². The SMILES string of the molecule is CC(C)SSc1nccs1. The Morgan fingerprint density at radius 1 is 1.60 bits per heavy atom. The molecule has 0 fully saturated rings. The maximum atomic E-state index is 4.15. The van der Waals surface area contributed by atoms with Crippen molar-refractivity contribution in [1.82, 2.24) is 4.98 Å². The largest absolute Gasteiger partial charge is 0.237 e. The number of thiazole rings is 1. The van der Waals surface area contributed by atoms with Crippen LogP contribution in [0.3, 0.4) is 0 Å². The lowest BCUT2D eigenvalue weighted by molar-refractivity contribution is 1.12. The van der Waals surface area contributed by atoms with Crippen LogP contribution in [0.15, 0.2) is 15.9 Å². The number of nitrogens with zero attached hydrogens (tertiary/aromatic N) is 1. The standard InChI is InChI=1S/C6H9NS3/c1-5(2)9-10-6-7-3-4-8-6/h3-5H,1-2H3. The molecule has 0 unspecified atom stereocenters. The van der Waals surface area contributed by atoms with E-state index >= 15 is 0 Å². The van der Waals surface area contributed by atoms with Crippen molar-refractivity contribution in [3.05, 3.63) is 11.6 Å². The minimum atomic E-state index is 0.675. The van der Waals surface area contributed by atoms with Gasteiger partial charge in [-0.3, -0.25) is 0 Å². The molecule has 0 aromatic carbocycles. The highest BCUT2D eigenvalue weighted by Gasteiger charge is 1.98. The fourth-order valence-electron chi connectivity index (χ4n) is 0.389. The van der Waals surface area contributed by atoms with Crippen molar-refractivity contribution >= 4 is 32.9 Å². The summed E-state index contributed by atoms with van der Waals surface area (Å²) in [5, 5.41) is 2.68. The number of rotatable bonds is 3. The molecule has 0 spiro atoms. The molecule has 1 aromatic rings. The zero-order valence-corrected chi connectivity index (χ0v) is 8.35. The van der Waals surface area contributed by atoms with Crippen molar-refractivity contribution in [2.75, 3.05) is 0 Å². The van der Waals surface area contributed by atoms with Crippen molar-refractivity contribution in [2.24, 2.45) is 0 Å². The van der Waals surface area contributed by atoms with E-state index in [-0.39, 0.29) is 0 Å². The molecule has 0 radical (unpaired) electrons. The summed E-state index contributed by atoms with van der Waals surface area (Å²) < 4.78 is 1.15. The zero-order chi connectivity index (χ0) is 7.40. The molecule has 0 aliphatic rings. The van der Waals surface area contributed by atoms with Gasteiger partial charge in [0.25, 0.3) is 0 Å². The summed E-state index contributed by atoms with van der Waals surface area (Å²) in [6.45, 7) is 4.37. The molecule has 0 amide bonds. The van der Waals surface area contributed by atoms with E-state index in [1.54, 1.807) is 22.1 Å². The van der Waals surface area contributed by atoms with Crippen LogP contribution in [-0.4, -0.2) is 10.2 Å². The third-order valence-electron chi connectivity index (χ3n) is 0.722. The van der Waals surface area contributed by atoms with Crippen LogP contribution >= 0.6 is 32.9 Å². The van der Waals surface area contributed by atoms with Gasteiger partial charge >= 0.3 is 0 Å². The van der Waals surface area contributed by atoms with Crippen LogP contribution in [0.4, 0.5) is 0 Å². The average Bonchev–Trinajstić information content (AvgIpc) is 2.34. The van der Waals surface area contributed by atoms with E-state index in [4.69, 9.17) is 0 Å². The minimum Gasteiger partial charge on any atom is -0.237 e. The van der Waals surface area contributed by atoms with Gasteiger partial charge in [0.1, 0.15) is 0 Å². The van der Waals surface area contributed by atoms with E-state index in [1.807, 2.05) is 22.4 Å². The summed E-state index contributed by atoms with van der Waals surface area (Å²) in [6, 6.07) is 0. The molecular formula is C6H9NS3. The van der Waals surface area contributed by atoms with Crippen LogP contribution in [-0.2, 0) is 0 Å². The van der Waals surface area contributed by atoms with Crippen molar-refractivity contribution in [3.8, 4) is 0 Å². The van der Waals surface area contributed by atoms with Gasteiger partial charge in [-0.1, -0.05) is 24.6 Å². The summed E-state index contributed by atoms with van der Waals surface area (Å²) in [4.78, 5) is 4.15. The quantitative estimate of drug-likeness (QED) is 0.680. The predicted molar refractivity (Wildman–Crippen MR) is 50.7 cm³/mol. The Labute approximate surface area is 73.0 Å². The molecule has 0 aliphatic heterocycles. The van der Waals surface area contributed by atoms with Crippen LogP contribution in [0.25, 0.3) is 0 Å². The first-order valence-corrected chi connectivity index (χ1v) is 6.11. The maximum absolute atomic E-state index is 4.15. The van der Waals surface area contributed by atoms with Crippen molar-refractivity contribution in [3.63, 3.8) is 0 Å². The van der Waals surface area contributed by atoms with Gasteiger partial charge < -0.3 is 0 Å². The number of hydrogen-bond acceptors (Lipinski definition) is 4. The third-order valence-corrected chi connectivity index (χ3v) is 4.79. The number of hydrogen-bond donors (Lipinski definition) is 0. The molecule has 0 saturated heterocycles. The highest BCUT2D eigenvalue weighted by Crippen LogP contribution is 2.34. The lowest BCUT2D eigenvalue weighted by Crippen LogP contribution is -1.79. The molecule has 1 rings (SSSR count). The minimum absolute atomic E-state index is 0.675. The summed E-state index contributed by atoms with van der Waals surface area (Å²) in [6.07, 6.45) is 1.84. The summed E-state index contributed by atoms with van der Waals surface area (Å²) in [5.41, 5.74) is 0. The second-order valence-electron chi connectivity index (χ2n) is 2.03. The first-order chi connectivity index (χ1) is 4.79. The second kappa shape index (κ2) is 4.26. The molecule has 56 valence electrons. The fraction of sp³-hybridized carbons (Fsp3) is 0.500.